The van der Waals surface area contributed by atoms with Crippen LogP contribution in [-0.4, -0.2) is 50.1 Å². The van der Waals surface area contributed by atoms with Gasteiger partial charge in [0.2, 0.25) is 0 Å². The van der Waals surface area contributed by atoms with Crippen LogP contribution in [-0.2, 0) is 38.1 Å². The van der Waals surface area contributed by atoms with Gasteiger partial charge in [-0.15, -0.1) is 0 Å². The van der Waals surface area contributed by atoms with Crippen molar-refractivity contribution < 1.29 is 38.1 Å². The van der Waals surface area contributed by atoms with Crippen LogP contribution in [0.2, 0.25) is 0 Å². The molecule has 0 heterocycles. The Morgan fingerprint density at radius 1 is 1.08 bits per heavy atom. The molecule has 0 N–H and O–H groups in total. The molecular formula is C17H28O8. The standard InChI is InChI=1S/C17H28O8/c1-7-21-11-10-17(15(19)22-8-2,16(20)23-9-3)12(4)24-14(6)25-13(5)18/h7,12,14H,1,8-11H2,2-6H3. The number of rotatable bonds is 12. The Labute approximate surface area is 148 Å². The summed E-state index contributed by atoms with van der Waals surface area (Å²) in [5.74, 6) is -2.13. The lowest BCUT2D eigenvalue weighted by Crippen LogP contribution is -2.52. The zero-order valence-corrected chi connectivity index (χ0v) is 15.5. The molecule has 0 aromatic rings. The highest BCUT2D eigenvalue weighted by molar-refractivity contribution is 6.00. The van der Waals surface area contributed by atoms with E-state index in [9.17, 15) is 14.4 Å². The van der Waals surface area contributed by atoms with Crippen molar-refractivity contribution in [1.29, 1.82) is 0 Å². The van der Waals surface area contributed by atoms with Crippen LogP contribution in [0.5, 0.6) is 0 Å². The highest BCUT2D eigenvalue weighted by atomic mass is 16.7. The van der Waals surface area contributed by atoms with Gasteiger partial charge in [0.15, 0.2) is 11.7 Å². The molecule has 0 aliphatic heterocycles. The third-order valence-electron chi connectivity index (χ3n) is 3.43. The monoisotopic (exact) mass is 360 g/mol. The first-order chi connectivity index (χ1) is 11.8. The molecule has 0 amide bonds. The van der Waals surface area contributed by atoms with E-state index in [4.69, 9.17) is 23.7 Å². The molecule has 8 nitrogen and oxygen atoms in total. The summed E-state index contributed by atoms with van der Waals surface area (Å²) in [5.41, 5.74) is -1.76. The lowest BCUT2D eigenvalue weighted by atomic mass is 9.79. The Kier molecular flexibility index (Phi) is 10.5. The van der Waals surface area contributed by atoms with Crippen LogP contribution in [0.15, 0.2) is 12.8 Å². The van der Waals surface area contributed by atoms with Gasteiger partial charge in [0.05, 0.1) is 32.2 Å². The molecule has 144 valence electrons. The van der Waals surface area contributed by atoms with Crippen LogP contribution in [0.3, 0.4) is 0 Å². The number of hydrogen-bond acceptors (Lipinski definition) is 8. The summed E-state index contributed by atoms with van der Waals surface area (Å²) in [6.07, 6.45) is -0.803. The summed E-state index contributed by atoms with van der Waals surface area (Å²) in [7, 11) is 0. The first-order valence-electron chi connectivity index (χ1n) is 8.15. The second-order valence-corrected chi connectivity index (χ2v) is 5.16. The van der Waals surface area contributed by atoms with Crippen LogP contribution in [0.4, 0.5) is 0 Å². The van der Waals surface area contributed by atoms with E-state index in [0.717, 1.165) is 0 Å². The molecule has 0 spiro atoms. The Hall–Kier alpha value is -2.09. The Balaban J connectivity index is 5.67. The second kappa shape index (κ2) is 11.5. The quantitative estimate of drug-likeness (QED) is 0.130. The SMILES string of the molecule is C=COCCC(C(=O)OCC)(C(=O)OCC)C(C)OC(C)OC(C)=O. The molecule has 25 heavy (non-hydrogen) atoms. The van der Waals surface area contributed by atoms with E-state index in [2.05, 4.69) is 6.58 Å². The van der Waals surface area contributed by atoms with Crippen molar-refractivity contribution in [3.05, 3.63) is 12.8 Å². The molecule has 0 radical (unpaired) electrons. The first kappa shape index (κ1) is 22.9. The normalized spacial score (nSPS) is 13.3. The molecule has 0 saturated carbocycles. The summed E-state index contributed by atoms with van der Waals surface area (Å²) in [6, 6.07) is 0. The van der Waals surface area contributed by atoms with Gasteiger partial charge in [-0.1, -0.05) is 6.58 Å². The molecule has 0 bridgehead atoms. The van der Waals surface area contributed by atoms with E-state index in [1.54, 1.807) is 13.8 Å². The molecule has 8 heteroatoms. The molecule has 0 aliphatic rings. The predicted octanol–water partition coefficient (Wildman–Crippen LogP) is 1.96. The van der Waals surface area contributed by atoms with E-state index in [0.29, 0.717) is 0 Å². The van der Waals surface area contributed by atoms with Gasteiger partial charge in [-0.2, -0.15) is 0 Å². The Morgan fingerprint density at radius 2 is 1.60 bits per heavy atom. The van der Waals surface area contributed by atoms with Crippen LogP contribution < -0.4 is 0 Å². The van der Waals surface area contributed by atoms with Crippen LogP contribution in [0.1, 0.15) is 41.0 Å². The second-order valence-electron chi connectivity index (χ2n) is 5.16. The van der Waals surface area contributed by atoms with Gasteiger partial charge in [0.25, 0.3) is 0 Å². The fourth-order valence-corrected chi connectivity index (χ4v) is 2.31. The number of hydrogen-bond donors (Lipinski definition) is 0. The van der Waals surface area contributed by atoms with Gasteiger partial charge >= 0.3 is 17.9 Å². The maximum absolute atomic E-state index is 12.6. The Bertz CT molecular complexity index is 442. The van der Waals surface area contributed by atoms with Gasteiger partial charge in [0, 0.05) is 13.3 Å². The molecule has 0 aromatic carbocycles. The van der Waals surface area contributed by atoms with E-state index in [-0.39, 0.29) is 26.2 Å². The topological polar surface area (TPSA) is 97.4 Å². The maximum Gasteiger partial charge on any atom is 0.326 e. The fourth-order valence-electron chi connectivity index (χ4n) is 2.31. The van der Waals surface area contributed by atoms with E-state index >= 15 is 0 Å². The summed E-state index contributed by atoms with van der Waals surface area (Å²) in [4.78, 5) is 36.3. The molecule has 0 fully saturated rings. The van der Waals surface area contributed by atoms with Gasteiger partial charge < -0.3 is 23.7 Å². The molecular weight excluding hydrogens is 332 g/mol. The lowest BCUT2D eigenvalue weighted by molar-refractivity contribution is -0.209. The van der Waals surface area contributed by atoms with E-state index in [1.165, 1.54) is 27.0 Å². The van der Waals surface area contributed by atoms with Crippen LogP contribution in [0.25, 0.3) is 0 Å². The molecule has 0 saturated heterocycles. The zero-order chi connectivity index (χ0) is 19.5. The Morgan fingerprint density at radius 3 is 2.00 bits per heavy atom. The minimum Gasteiger partial charge on any atom is -0.502 e. The number of carbonyl (C=O) groups excluding carboxylic acids is 3. The minimum absolute atomic E-state index is 0.0246. The average Bonchev–Trinajstić information content (AvgIpc) is 2.50. The third kappa shape index (κ3) is 6.74. The molecule has 2 unspecified atom stereocenters. The highest BCUT2D eigenvalue weighted by Gasteiger charge is 2.54. The van der Waals surface area contributed by atoms with Crippen molar-refractivity contribution >= 4 is 17.9 Å². The average molecular weight is 360 g/mol. The first-order valence-corrected chi connectivity index (χ1v) is 8.15. The fraction of sp³-hybridized carbons (Fsp3) is 0.706. The summed E-state index contributed by atoms with van der Waals surface area (Å²) < 4.78 is 25.7. The van der Waals surface area contributed by atoms with Gasteiger partial charge in [-0.05, 0) is 27.7 Å². The largest absolute Gasteiger partial charge is 0.502 e. The van der Waals surface area contributed by atoms with Crippen LogP contribution in [0, 0.1) is 5.41 Å². The summed E-state index contributed by atoms with van der Waals surface area (Å²) in [5, 5.41) is 0. The zero-order valence-electron chi connectivity index (χ0n) is 15.5. The molecule has 2 atom stereocenters. The minimum atomic E-state index is -1.76. The van der Waals surface area contributed by atoms with Crippen molar-refractivity contribution in [2.45, 2.75) is 53.4 Å². The summed E-state index contributed by atoms with van der Waals surface area (Å²) >= 11 is 0. The number of carbonyl (C=O) groups is 3. The van der Waals surface area contributed by atoms with Crippen molar-refractivity contribution in [2.75, 3.05) is 19.8 Å². The van der Waals surface area contributed by atoms with Crippen molar-refractivity contribution in [3.63, 3.8) is 0 Å². The molecule has 0 rings (SSSR count). The van der Waals surface area contributed by atoms with Gasteiger partial charge in [0.1, 0.15) is 0 Å². The van der Waals surface area contributed by atoms with Gasteiger partial charge in [-0.3, -0.25) is 14.4 Å². The molecule has 0 aromatic heterocycles. The smallest absolute Gasteiger partial charge is 0.326 e. The van der Waals surface area contributed by atoms with E-state index in [1.807, 2.05) is 0 Å². The van der Waals surface area contributed by atoms with E-state index < -0.39 is 35.7 Å². The molecule has 0 aliphatic carbocycles. The highest BCUT2D eigenvalue weighted by Crippen LogP contribution is 2.34. The van der Waals surface area contributed by atoms with Gasteiger partial charge in [-0.25, -0.2) is 0 Å². The number of ether oxygens (including phenoxy) is 5. The van der Waals surface area contributed by atoms with Crippen molar-refractivity contribution in [3.8, 4) is 0 Å². The third-order valence-corrected chi connectivity index (χ3v) is 3.43. The predicted molar refractivity (Wildman–Crippen MR) is 88.2 cm³/mol. The van der Waals surface area contributed by atoms with Crippen molar-refractivity contribution in [2.24, 2.45) is 5.41 Å². The number of esters is 3. The van der Waals surface area contributed by atoms with Crippen molar-refractivity contribution in [1.82, 2.24) is 0 Å². The maximum atomic E-state index is 12.6. The van der Waals surface area contributed by atoms with Crippen LogP contribution >= 0.6 is 0 Å². The summed E-state index contributed by atoms with van der Waals surface area (Å²) in [6.45, 7) is 11.1. The lowest BCUT2D eigenvalue weighted by Gasteiger charge is -2.35.